The molecule has 2 aliphatic heterocycles. The average molecular weight is 350 g/mol. The maximum absolute atomic E-state index is 14.0. The lowest BCUT2D eigenvalue weighted by Crippen LogP contribution is -2.60. The van der Waals surface area contributed by atoms with Gasteiger partial charge in [0, 0.05) is 26.7 Å². The Hall–Kier alpha value is -1.66. The first kappa shape index (κ1) is 18.1. The van der Waals surface area contributed by atoms with Crippen molar-refractivity contribution in [2.45, 2.75) is 37.8 Å². The van der Waals surface area contributed by atoms with Gasteiger partial charge in [0.15, 0.2) is 11.6 Å². The number of nitrogens with zero attached hydrogens (tertiary/aromatic N) is 2. The zero-order valence-corrected chi connectivity index (χ0v) is 15.1. The van der Waals surface area contributed by atoms with Crippen LogP contribution in [0.25, 0.3) is 0 Å². The van der Waals surface area contributed by atoms with Crippen LogP contribution in [-0.4, -0.2) is 61.7 Å². The van der Waals surface area contributed by atoms with Crippen molar-refractivity contribution in [1.82, 2.24) is 9.80 Å². The molecule has 0 saturated carbocycles. The van der Waals surface area contributed by atoms with Crippen molar-refractivity contribution in [3.63, 3.8) is 0 Å². The molecular formula is C19H27FN2O3. The van der Waals surface area contributed by atoms with Gasteiger partial charge in [-0.05, 0) is 49.9 Å². The number of hydrogen-bond acceptors (Lipinski definition) is 4. The molecule has 2 fully saturated rings. The van der Waals surface area contributed by atoms with Crippen LogP contribution in [0.15, 0.2) is 18.2 Å². The van der Waals surface area contributed by atoms with E-state index in [4.69, 9.17) is 9.47 Å². The third kappa shape index (κ3) is 3.51. The predicted molar refractivity (Wildman–Crippen MR) is 93.0 cm³/mol. The van der Waals surface area contributed by atoms with E-state index < -0.39 is 5.54 Å². The first-order valence-electron chi connectivity index (χ1n) is 8.96. The summed E-state index contributed by atoms with van der Waals surface area (Å²) >= 11 is 0. The molecule has 2 saturated heterocycles. The van der Waals surface area contributed by atoms with E-state index in [1.165, 1.54) is 13.2 Å². The maximum Gasteiger partial charge on any atom is 0.243 e. The summed E-state index contributed by atoms with van der Waals surface area (Å²) in [5.74, 6) is 0.103. The van der Waals surface area contributed by atoms with Crippen LogP contribution in [0.5, 0.6) is 5.75 Å². The number of methoxy groups -OCH3 is 2. The van der Waals surface area contributed by atoms with E-state index in [1.54, 1.807) is 13.2 Å². The Bertz CT molecular complexity index is 625. The van der Waals surface area contributed by atoms with Crippen molar-refractivity contribution in [2.24, 2.45) is 0 Å². The Morgan fingerprint density at radius 1 is 1.20 bits per heavy atom. The molecule has 2 aliphatic rings. The zero-order chi connectivity index (χ0) is 17.9. The highest BCUT2D eigenvalue weighted by Gasteiger charge is 2.50. The lowest BCUT2D eigenvalue weighted by molar-refractivity contribution is -0.148. The lowest BCUT2D eigenvalue weighted by atomic mass is 9.85. The van der Waals surface area contributed by atoms with Gasteiger partial charge >= 0.3 is 0 Å². The highest BCUT2D eigenvalue weighted by Crippen LogP contribution is 2.39. The molecule has 0 aliphatic carbocycles. The van der Waals surface area contributed by atoms with Gasteiger partial charge in [-0.3, -0.25) is 9.69 Å². The molecule has 3 rings (SSSR count). The quantitative estimate of drug-likeness (QED) is 0.790. The minimum absolute atomic E-state index is 0.210. The van der Waals surface area contributed by atoms with Gasteiger partial charge < -0.3 is 14.4 Å². The number of likely N-dealkylation sites (tertiary alicyclic amines) is 2. The van der Waals surface area contributed by atoms with Crippen molar-refractivity contribution >= 4 is 5.91 Å². The number of amides is 1. The van der Waals surface area contributed by atoms with Gasteiger partial charge in [0.25, 0.3) is 0 Å². The maximum atomic E-state index is 14.0. The number of carbonyl (C=O) groups is 1. The standard InChI is InChI=1S/C19H27FN2O3/c1-24-12-11-21-9-3-7-19(18(21)23)8-4-10-22(19)14-15-5-6-17(25-2)16(20)13-15/h5-6,13H,3-4,7-12,14H2,1-2H3. The van der Waals surface area contributed by atoms with Gasteiger partial charge in [0.05, 0.1) is 13.7 Å². The second-order valence-electron chi connectivity index (χ2n) is 6.91. The van der Waals surface area contributed by atoms with E-state index in [1.807, 2.05) is 11.0 Å². The summed E-state index contributed by atoms with van der Waals surface area (Å²) in [6.45, 7) is 3.46. The van der Waals surface area contributed by atoms with Crippen molar-refractivity contribution < 1.29 is 18.7 Å². The van der Waals surface area contributed by atoms with Crippen molar-refractivity contribution in [3.05, 3.63) is 29.6 Å². The summed E-state index contributed by atoms with van der Waals surface area (Å²) in [4.78, 5) is 17.3. The molecular weight excluding hydrogens is 323 g/mol. The first-order valence-corrected chi connectivity index (χ1v) is 8.96. The van der Waals surface area contributed by atoms with Gasteiger partial charge in [-0.25, -0.2) is 4.39 Å². The fourth-order valence-electron chi connectivity index (χ4n) is 4.20. The zero-order valence-electron chi connectivity index (χ0n) is 15.1. The van der Waals surface area contributed by atoms with Gasteiger partial charge in [-0.15, -0.1) is 0 Å². The van der Waals surface area contributed by atoms with Crippen molar-refractivity contribution in [3.8, 4) is 5.75 Å². The van der Waals surface area contributed by atoms with Crippen molar-refractivity contribution in [2.75, 3.05) is 40.5 Å². The molecule has 138 valence electrons. The number of benzene rings is 1. The second-order valence-corrected chi connectivity index (χ2v) is 6.91. The van der Waals surface area contributed by atoms with E-state index >= 15 is 0 Å². The molecule has 1 spiro atoms. The molecule has 6 heteroatoms. The van der Waals surface area contributed by atoms with Crippen LogP contribution in [-0.2, 0) is 16.1 Å². The molecule has 5 nitrogen and oxygen atoms in total. The Kier molecular flexibility index (Phi) is 5.59. The molecule has 1 unspecified atom stereocenters. The van der Waals surface area contributed by atoms with Crippen LogP contribution in [0.4, 0.5) is 4.39 Å². The van der Waals surface area contributed by atoms with Crippen LogP contribution in [0.1, 0.15) is 31.2 Å². The Balaban J connectivity index is 1.77. The van der Waals surface area contributed by atoms with E-state index in [9.17, 15) is 9.18 Å². The molecule has 1 atom stereocenters. The van der Waals surface area contributed by atoms with E-state index in [0.29, 0.717) is 19.7 Å². The van der Waals surface area contributed by atoms with Crippen LogP contribution in [0.3, 0.4) is 0 Å². The summed E-state index contributed by atoms with van der Waals surface area (Å²) in [5.41, 5.74) is 0.448. The molecule has 1 aromatic rings. The highest BCUT2D eigenvalue weighted by molar-refractivity contribution is 5.87. The smallest absolute Gasteiger partial charge is 0.243 e. The predicted octanol–water partition coefficient (Wildman–Crippen LogP) is 2.44. The Morgan fingerprint density at radius 2 is 1.96 bits per heavy atom. The van der Waals surface area contributed by atoms with E-state index in [2.05, 4.69) is 4.90 Å². The molecule has 0 bridgehead atoms. The monoisotopic (exact) mass is 350 g/mol. The number of carbonyl (C=O) groups excluding carboxylic acids is 1. The largest absolute Gasteiger partial charge is 0.494 e. The molecule has 2 heterocycles. The number of rotatable bonds is 6. The lowest BCUT2D eigenvalue weighted by Gasteiger charge is -2.44. The van der Waals surface area contributed by atoms with Crippen LogP contribution < -0.4 is 4.74 Å². The summed E-state index contributed by atoms with van der Waals surface area (Å²) in [5, 5.41) is 0. The molecule has 1 amide bonds. The van der Waals surface area contributed by atoms with Crippen LogP contribution in [0.2, 0.25) is 0 Å². The van der Waals surface area contributed by atoms with E-state index in [-0.39, 0.29) is 17.5 Å². The van der Waals surface area contributed by atoms with E-state index in [0.717, 1.165) is 44.3 Å². The minimum atomic E-state index is -0.428. The van der Waals surface area contributed by atoms with Crippen molar-refractivity contribution in [1.29, 1.82) is 0 Å². The Labute approximate surface area is 148 Å². The summed E-state index contributed by atoms with van der Waals surface area (Å²) in [6.07, 6.45) is 3.77. The number of piperidine rings is 1. The molecule has 0 aromatic heterocycles. The molecule has 25 heavy (non-hydrogen) atoms. The summed E-state index contributed by atoms with van der Waals surface area (Å²) < 4.78 is 24.1. The summed E-state index contributed by atoms with van der Waals surface area (Å²) in [6, 6.07) is 5.05. The molecule has 0 radical (unpaired) electrons. The fourth-order valence-corrected chi connectivity index (χ4v) is 4.20. The van der Waals surface area contributed by atoms with Crippen LogP contribution >= 0.6 is 0 Å². The normalized spacial score (nSPS) is 24.3. The topological polar surface area (TPSA) is 42.0 Å². The minimum Gasteiger partial charge on any atom is -0.494 e. The molecule has 1 aromatic carbocycles. The highest BCUT2D eigenvalue weighted by atomic mass is 19.1. The van der Waals surface area contributed by atoms with Gasteiger partial charge in [-0.2, -0.15) is 0 Å². The number of hydrogen-bond donors (Lipinski definition) is 0. The van der Waals surface area contributed by atoms with Gasteiger partial charge in [0.2, 0.25) is 5.91 Å². The summed E-state index contributed by atoms with van der Waals surface area (Å²) in [7, 11) is 3.12. The SMILES string of the molecule is COCCN1CCCC2(CCCN2Cc2ccc(OC)c(F)c2)C1=O. The third-order valence-corrected chi connectivity index (χ3v) is 5.48. The fraction of sp³-hybridized carbons (Fsp3) is 0.632. The second kappa shape index (κ2) is 7.70. The van der Waals surface area contributed by atoms with Gasteiger partial charge in [-0.1, -0.05) is 6.07 Å². The molecule has 0 N–H and O–H groups in total. The first-order chi connectivity index (χ1) is 12.1. The number of halogens is 1. The van der Waals surface area contributed by atoms with Gasteiger partial charge in [0.1, 0.15) is 5.54 Å². The number of ether oxygens (including phenoxy) is 2. The Morgan fingerprint density at radius 3 is 2.64 bits per heavy atom. The average Bonchev–Trinajstić information content (AvgIpc) is 3.00. The van der Waals surface area contributed by atoms with Crippen LogP contribution in [0, 0.1) is 5.82 Å². The third-order valence-electron chi connectivity index (χ3n) is 5.48.